The van der Waals surface area contributed by atoms with Gasteiger partial charge in [0.05, 0.1) is 0 Å². The summed E-state index contributed by atoms with van der Waals surface area (Å²) in [5.41, 5.74) is 3.91. The van der Waals surface area contributed by atoms with Gasteiger partial charge in [-0.15, -0.1) is 0 Å². The summed E-state index contributed by atoms with van der Waals surface area (Å²) in [6, 6.07) is 16.4. The fraction of sp³-hybridized carbons (Fsp3) is 0.464. The van der Waals surface area contributed by atoms with Crippen LogP contribution in [0.5, 0.6) is 0 Å². The van der Waals surface area contributed by atoms with Gasteiger partial charge < -0.3 is 20.1 Å². The average Bonchev–Trinajstić information content (AvgIpc) is 3.63. The Bertz CT molecular complexity index is 1090. The maximum Gasteiger partial charge on any atom is 0.407 e. The zero-order chi connectivity index (χ0) is 24.6. The third-order valence-electron chi connectivity index (χ3n) is 8.05. The van der Waals surface area contributed by atoms with E-state index < -0.39 is 17.5 Å². The second kappa shape index (κ2) is 9.36. The smallest absolute Gasteiger partial charge is 0.407 e. The second-order valence-electron chi connectivity index (χ2n) is 10.2. The number of aliphatic carboxylic acids is 1. The Hall–Kier alpha value is -3.35. The Morgan fingerprint density at radius 2 is 1.66 bits per heavy atom. The third-order valence-corrected chi connectivity index (χ3v) is 8.05. The number of carbonyl (C=O) groups excluding carboxylic acids is 2. The Kier molecular flexibility index (Phi) is 6.26. The Morgan fingerprint density at radius 1 is 1.06 bits per heavy atom. The summed E-state index contributed by atoms with van der Waals surface area (Å²) in [5.74, 6) is -0.385. The highest BCUT2D eigenvalue weighted by molar-refractivity contribution is 5.83. The number of alkyl carbamates (subject to hydrolysis) is 1. The topological polar surface area (TPSA) is 95.9 Å². The molecule has 3 aliphatic rings. The molecule has 1 saturated heterocycles. The van der Waals surface area contributed by atoms with E-state index in [0.717, 1.165) is 12.8 Å². The Balaban J connectivity index is 1.13. The van der Waals surface area contributed by atoms with Crippen LogP contribution in [0, 0.1) is 17.3 Å². The van der Waals surface area contributed by atoms with Gasteiger partial charge in [-0.05, 0) is 53.4 Å². The average molecular weight is 477 g/mol. The molecule has 5 rings (SSSR count). The molecular weight excluding hydrogens is 444 g/mol. The highest BCUT2D eigenvalue weighted by Crippen LogP contribution is 2.44. The summed E-state index contributed by atoms with van der Waals surface area (Å²) in [4.78, 5) is 38.5. The number of benzene rings is 2. The van der Waals surface area contributed by atoms with Gasteiger partial charge in [-0.25, -0.2) is 4.79 Å². The van der Waals surface area contributed by atoms with Gasteiger partial charge in [0.25, 0.3) is 0 Å². The molecule has 1 aliphatic heterocycles. The van der Waals surface area contributed by atoms with Crippen molar-refractivity contribution < 1.29 is 24.2 Å². The quantitative estimate of drug-likeness (QED) is 0.564. The predicted molar refractivity (Wildman–Crippen MR) is 131 cm³/mol. The van der Waals surface area contributed by atoms with E-state index in [-0.39, 0.29) is 37.4 Å². The van der Waals surface area contributed by atoms with Gasteiger partial charge in [0.2, 0.25) is 5.91 Å². The zero-order valence-electron chi connectivity index (χ0n) is 20.0. The summed E-state index contributed by atoms with van der Waals surface area (Å²) >= 11 is 0. The van der Waals surface area contributed by atoms with Crippen molar-refractivity contribution >= 4 is 18.0 Å². The fourth-order valence-corrected chi connectivity index (χ4v) is 5.56. The van der Waals surface area contributed by atoms with Gasteiger partial charge in [-0.2, -0.15) is 0 Å². The number of carboxylic acids is 1. The largest absolute Gasteiger partial charge is 0.481 e. The van der Waals surface area contributed by atoms with Crippen LogP contribution < -0.4 is 5.32 Å². The highest BCUT2D eigenvalue weighted by atomic mass is 16.5. The van der Waals surface area contributed by atoms with E-state index in [9.17, 15) is 19.5 Å². The van der Waals surface area contributed by atoms with Gasteiger partial charge in [0, 0.05) is 32.0 Å². The van der Waals surface area contributed by atoms with Crippen molar-refractivity contribution in [2.75, 3.05) is 26.2 Å². The number of carbonyl (C=O) groups is 3. The first-order chi connectivity index (χ1) is 16.9. The predicted octanol–water partition coefficient (Wildman–Crippen LogP) is 4.26. The summed E-state index contributed by atoms with van der Waals surface area (Å²) in [7, 11) is 0. The van der Waals surface area contributed by atoms with E-state index in [2.05, 4.69) is 29.6 Å². The number of nitrogens with zero attached hydrogens (tertiary/aromatic N) is 1. The van der Waals surface area contributed by atoms with Gasteiger partial charge in [-0.1, -0.05) is 55.5 Å². The first-order valence-corrected chi connectivity index (χ1v) is 12.5. The van der Waals surface area contributed by atoms with E-state index in [1.807, 2.05) is 31.2 Å². The molecule has 0 radical (unpaired) electrons. The fourth-order valence-electron chi connectivity index (χ4n) is 5.56. The molecule has 2 aliphatic carbocycles. The maximum atomic E-state index is 12.8. The van der Waals surface area contributed by atoms with Crippen molar-refractivity contribution in [2.45, 2.75) is 38.5 Å². The van der Waals surface area contributed by atoms with Crippen LogP contribution in [-0.4, -0.2) is 54.2 Å². The normalized spacial score (nSPS) is 18.7. The molecule has 1 atom stereocenters. The summed E-state index contributed by atoms with van der Waals surface area (Å²) in [5, 5.41) is 12.3. The molecular formula is C28H32N2O5. The van der Waals surface area contributed by atoms with Gasteiger partial charge >= 0.3 is 12.1 Å². The molecule has 0 spiro atoms. The number of ether oxygens (including phenoxy) is 1. The molecule has 2 fully saturated rings. The van der Waals surface area contributed by atoms with Crippen LogP contribution in [0.3, 0.4) is 0 Å². The Labute approximate surface area is 205 Å². The molecule has 7 nitrogen and oxygen atoms in total. The number of hydrogen-bond donors (Lipinski definition) is 2. The standard InChI is InChI=1S/C28H32N2O5/c1-2-28(26(32)33)16-30(17-28)25(31)13-19(18-11-12-18)14-29-27(34)35-15-24-22-9-5-3-7-20(22)21-8-4-6-10-23(21)24/h3-10,18-19,24H,2,11-17H2,1H3,(H,29,34)(H,32,33). The molecule has 7 heteroatoms. The van der Waals surface area contributed by atoms with Crippen molar-refractivity contribution in [2.24, 2.45) is 17.3 Å². The second-order valence-corrected chi connectivity index (χ2v) is 10.2. The van der Waals surface area contributed by atoms with Crippen LogP contribution in [0.2, 0.25) is 0 Å². The van der Waals surface area contributed by atoms with E-state index >= 15 is 0 Å². The van der Waals surface area contributed by atoms with Crippen LogP contribution >= 0.6 is 0 Å². The number of nitrogens with one attached hydrogen (secondary N) is 1. The SMILES string of the molecule is CCC1(C(=O)O)CN(C(=O)CC(CNC(=O)OCC2c3ccccc3-c3ccccc32)C2CC2)C1. The molecule has 0 bridgehead atoms. The molecule has 0 aromatic heterocycles. The summed E-state index contributed by atoms with van der Waals surface area (Å²) in [6.07, 6.45) is 2.48. The number of carboxylic acid groups (broad SMARTS) is 1. The lowest BCUT2D eigenvalue weighted by Crippen LogP contribution is -2.62. The number of rotatable bonds is 9. The molecule has 1 saturated carbocycles. The highest BCUT2D eigenvalue weighted by Gasteiger charge is 2.50. The van der Waals surface area contributed by atoms with Gasteiger partial charge in [0.1, 0.15) is 12.0 Å². The molecule has 1 unspecified atom stereocenters. The number of amides is 2. The minimum absolute atomic E-state index is 0.00782. The van der Waals surface area contributed by atoms with E-state index in [1.54, 1.807) is 4.90 Å². The van der Waals surface area contributed by atoms with E-state index in [4.69, 9.17) is 4.74 Å². The zero-order valence-corrected chi connectivity index (χ0v) is 20.0. The molecule has 2 N–H and O–H groups in total. The molecule has 1 heterocycles. The molecule has 184 valence electrons. The van der Waals surface area contributed by atoms with Crippen molar-refractivity contribution in [3.05, 3.63) is 59.7 Å². The van der Waals surface area contributed by atoms with Crippen LogP contribution in [0.1, 0.15) is 49.7 Å². The Morgan fingerprint density at radius 3 is 2.20 bits per heavy atom. The number of fused-ring (bicyclic) bond motifs is 3. The van der Waals surface area contributed by atoms with Gasteiger partial charge in [-0.3, -0.25) is 9.59 Å². The summed E-state index contributed by atoms with van der Waals surface area (Å²) < 4.78 is 5.63. The molecule has 2 aromatic rings. The van der Waals surface area contributed by atoms with Gasteiger partial charge in [0.15, 0.2) is 0 Å². The maximum absolute atomic E-state index is 12.8. The molecule has 2 amide bonds. The van der Waals surface area contributed by atoms with Crippen LogP contribution in [-0.2, 0) is 14.3 Å². The minimum Gasteiger partial charge on any atom is -0.481 e. The lowest BCUT2D eigenvalue weighted by molar-refractivity contribution is -0.166. The van der Waals surface area contributed by atoms with Crippen molar-refractivity contribution in [1.82, 2.24) is 10.2 Å². The van der Waals surface area contributed by atoms with Crippen LogP contribution in [0.4, 0.5) is 4.79 Å². The molecule has 2 aromatic carbocycles. The summed E-state index contributed by atoms with van der Waals surface area (Å²) in [6.45, 7) is 3.04. The van der Waals surface area contributed by atoms with E-state index in [1.165, 1.54) is 22.3 Å². The van der Waals surface area contributed by atoms with Crippen molar-refractivity contribution in [1.29, 1.82) is 0 Å². The lowest BCUT2D eigenvalue weighted by Gasteiger charge is -2.47. The minimum atomic E-state index is -0.834. The van der Waals surface area contributed by atoms with Crippen LogP contribution in [0.15, 0.2) is 48.5 Å². The number of hydrogen-bond acceptors (Lipinski definition) is 4. The number of likely N-dealkylation sites (tertiary alicyclic amines) is 1. The monoisotopic (exact) mass is 476 g/mol. The first-order valence-electron chi connectivity index (χ1n) is 12.5. The van der Waals surface area contributed by atoms with Crippen LogP contribution in [0.25, 0.3) is 11.1 Å². The first kappa shape index (κ1) is 23.4. The van der Waals surface area contributed by atoms with Crippen molar-refractivity contribution in [3.8, 4) is 11.1 Å². The third kappa shape index (κ3) is 4.51. The molecule has 35 heavy (non-hydrogen) atoms. The van der Waals surface area contributed by atoms with Crippen molar-refractivity contribution in [3.63, 3.8) is 0 Å². The van der Waals surface area contributed by atoms with E-state index in [0.29, 0.717) is 25.3 Å². The lowest BCUT2D eigenvalue weighted by atomic mass is 9.77.